The molecular formula is C16H23NO2S. The average molecular weight is 293 g/mol. The summed E-state index contributed by atoms with van der Waals surface area (Å²) in [5, 5.41) is 11.8. The van der Waals surface area contributed by atoms with Gasteiger partial charge in [0.2, 0.25) is 0 Å². The van der Waals surface area contributed by atoms with E-state index in [0.717, 1.165) is 43.8 Å². The van der Waals surface area contributed by atoms with Gasteiger partial charge in [-0.05, 0) is 38.2 Å². The van der Waals surface area contributed by atoms with Gasteiger partial charge in [-0.25, -0.2) is 0 Å². The molecule has 1 aromatic heterocycles. The molecule has 0 aromatic carbocycles. The lowest BCUT2D eigenvalue weighted by molar-refractivity contribution is 0.0196. The number of nitrogens with zero attached hydrogens (tertiary/aromatic N) is 1. The van der Waals surface area contributed by atoms with Gasteiger partial charge in [0.1, 0.15) is 0 Å². The SMILES string of the molecule is Cc1cc(C(=O)N2CCC[C@](CO)(CC3CC3)C2)cs1. The molecule has 1 aliphatic heterocycles. The number of amides is 1. The number of hydrogen-bond acceptors (Lipinski definition) is 3. The van der Waals surface area contributed by atoms with E-state index in [1.165, 1.54) is 17.7 Å². The second kappa shape index (κ2) is 5.49. The van der Waals surface area contributed by atoms with Gasteiger partial charge >= 0.3 is 0 Å². The maximum Gasteiger partial charge on any atom is 0.254 e. The highest BCUT2D eigenvalue weighted by molar-refractivity contribution is 7.10. The zero-order chi connectivity index (χ0) is 14.2. The van der Waals surface area contributed by atoms with Crippen molar-refractivity contribution in [2.24, 2.45) is 11.3 Å². The molecule has 1 saturated carbocycles. The Morgan fingerprint density at radius 3 is 2.95 bits per heavy atom. The van der Waals surface area contributed by atoms with Gasteiger partial charge < -0.3 is 10.0 Å². The van der Waals surface area contributed by atoms with Crippen LogP contribution in [0, 0.1) is 18.3 Å². The zero-order valence-corrected chi connectivity index (χ0v) is 12.9. The number of aliphatic hydroxyl groups is 1. The minimum atomic E-state index is -0.0415. The third-order valence-corrected chi connectivity index (χ3v) is 5.54. The van der Waals surface area contributed by atoms with Crippen LogP contribution >= 0.6 is 11.3 Å². The summed E-state index contributed by atoms with van der Waals surface area (Å²) in [7, 11) is 0. The Morgan fingerprint density at radius 2 is 2.35 bits per heavy atom. The number of aliphatic hydroxyl groups excluding tert-OH is 1. The Kier molecular flexibility index (Phi) is 3.87. The van der Waals surface area contributed by atoms with Gasteiger partial charge in [-0.1, -0.05) is 12.8 Å². The van der Waals surface area contributed by atoms with Crippen molar-refractivity contribution >= 4 is 17.2 Å². The largest absolute Gasteiger partial charge is 0.396 e. The summed E-state index contributed by atoms with van der Waals surface area (Å²) in [6, 6.07) is 1.98. The molecule has 0 spiro atoms. The molecule has 2 fully saturated rings. The van der Waals surface area contributed by atoms with Gasteiger partial charge in [-0.3, -0.25) is 4.79 Å². The van der Waals surface area contributed by atoms with Crippen LogP contribution in [0.2, 0.25) is 0 Å². The van der Waals surface area contributed by atoms with E-state index >= 15 is 0 Å². The molecule has 0 unspecified atom stereocenters. The fraction of sp³-hybridized carbons (Fsp3) is 0.688. The molecular weight excluding hydrogens is 270 g/mol. The van der Waals surface area contributed by atoms with Crippen LogP contribution in [0.15, 0.2) is 11.4 Å². The monoisotopic (exact) mass is 293 g/mol. The molecule has 1 atom stereocenters. The summed E-state index contributed by atoms with van der Waals surface area (Å²) in [6.45, 7) is 3.81. The number of piperidine rings is 1. The van der Waals surface area contributed by atoms with Crippen molar-refractivity contribution in [3.05, 3.63) is 21.9 Å². The lowest BCUT2D eigenvalue weighted by Crippen LogP contribution is -2.48. The van der Waals surface area contributed by atoms with E-state index in [4.69, 9.17) is 0 Å². The van der Waals surface area contributed by atoms with Crippen molar-refractivity contribution in [2.75, 3.05) is 19.7 Å². The summed E-state index contributed by atoms with van der Waals surface area (Å²) in [5.74, 6) is 0.934. The maximum atomic E-state index is 12.6. The van der Waals surface area contributed by atoms with Gasteiger partial charge in [-0.15, -0.1) is 11.3 Å². The molecule has 4 heteroatoms. The van der Waals surface area contributed by atoms with E-state index in [1.807, 2.05) is 23.3 Å². The number of carbonyl (C=O) groups excluding carboxylic acids is 1. The average Bonchev–Trinajstić information content (AvgIpc) is 3.16. The van der Waals surface area contributed by atoms with Crippen molar-refractivity contribution in [1.29, 1.82) is 0 Å². The minimum absolute atomic E-state index is 0.0415. The van der Waals surface area contributed by atoms with E-state index in [0.29, 0.717) is 0 Å². The van der Waals surface area contributed by atoms with Gasteiger partial charge in [0.05, 0.1) is 12.2 Å². The number of aryl methyl sites for hydroxylation is 1. The number of hydrogen-bond donors (Lipinski definition) is 1. The summed E-state index contributed by atoms with van der Waals surface area (Å²) < 4.78 is 0. The molecule has 1 N–H and O–H groups in total. The second-order valence-corrected chi connectivity index (χ2v) is 7.70. The molecule has 3 nitrogen and oxygen atoms in total. The lowest BCUT2D eigenvalue weighted by Gasteiger charge is -2.42. The highest BCUT2D eigenvalue weighted by Crippen LogP contribution is 2.44. The van der Waals surface area contributed by atoms with Crippen LogP contribution in [0.1, 0.15) is 47.3 Å². The Hall–Kier alpha value is -0.870. The van der Waals surface area contributed by atoms with Crippen molar-refractivity contribution < 1.29 is 9.90 Å². The van der Waals surface area contributed by atoms with Gasteiger partial charge in [0, 0.05) is 28.8 Å². The molecule has 1 aliphatic carbocycles. The van der Waals surface area contributed by atoms with Crippen molar-refractivity contribution in [1.82, 2.24) is 4.90 Å². The third-order valence-electron chi connectivity index (χ3n) is 4.68. The zero-order valence-electron chi connectivity index (χ0n) is 12.1. The Morgan fingerprint density at radius 1 is 1.55 bits per heavy atom. The topological polar surface area (TPSA) is 40.5 Å². The van der Waals surface area contributed by atoms with Crippen LogP contribution in [0.3, 0.4) is 0 Å². The highest BCUT2D eigenvalue weighted by Gasteiger charge is 2.41. The standard InChI is InChI=1S/C16H23NO2S/c1-12-7-14(9-20-12)15(19)17-6-2-5-16(10-17,11-18)8-13-3-4-13/h7,9,13,18H,2-6,8,10-11H2,1H3/t16-/m0/s1. The summed E-state index contributed by atoms with van der Waals surface area (Å²) in [5.41, 5.74) is 0.771. The molecule has 0 bridgehead atoms. The first kappa shape index (κ1) is 14.1. The van der Waals surface area contributed by atoms with Crippen molar-refractivity contribution in [2.45, 2.75) is 39.0 Å². The van der Waals surface area contributed by atoms with Gasteiger partial charge in [-0.2, -0.15) is 0 Å². The molecule has 3 rings (SSSR count). The fourth-order valence-corrected chi connectivity index (χ4v) is 4.09. The number of likely N-dealkylation sites (tertiary alicyclic amines) is 1. The highest BCUT2D eigenvalue weighted by atomic mass is 32.1. The van der Waals surface area contributed by atoms with E-state index < -0.39 is 0 Å². The predicted molar refractivity (Wildman–Crippen MR) is 81.1 cm³/mol. The molecule has 0 radical (unpaired) electrons. The third kappa shape index (κ3) is 2.91. The molecule has 20 heavy (non-hydrogen) atoms. The van der Waals surface area contributed by atoms with Crippen LogP contribution in [0.4, 0.5) is 0 Å². The molecule has 1 amide bonds. The van der Waals surface area contributed by atoms with E-state index in [1.54, 1.807) is 11.3 Å². The Balaban J connectivity index is 1.71. The number of carbonyl (C=O) groups is 1. The van der Waals surface area contributed by atoms with Gasteiger partial charge in [0.15, 0.2) is 0 Å². The van der Waals surface area contributed by atoms with E-state index in [9.17, 15) is 9.90 Å². The minimum Gasteiger partial charge on any atom is -0.396 e. The van der Waals surface area contributed by atoms with Gasteiger partial charge in [0.25, 0.3) is 5.91 Å². The normalized spacial score (nSPS) is 26.8. The maximum absolute atomic E-state index is 12.6. The second-order valence-electron chi connectivity index (χ2n) is 6.58. The first-order valence-corrected chi connectivity index (χ1v) is 8.45. The molecule has 1 saturated heterocycles. The molecule has 1 aromatic rings. The summed E-state index contributed by atoms with van der Waals surface area (Å²) in [6.07, 6.45) is 5.78. The smallest absolute Gasteiger partial charge is 0.254 e. The van der Waals surface area contributed by atoms with E-state index in [-0.39, 0.29) is 17.9 Å². The first-order chi connectivity index (χ1) is 9.62. The van der Waals surface area contributed by atoms with Crippen LogP contribution < -0.4 is 0 Å². The summed E-state index contributed by atoms with van der Waals surface area (Å²) >= 11 is 1.63. The summed E-state index contributed by atoms with van der Waals surface area (Å²) in [4.78, 5) is 15.7. The lowest BCUT2D eigenvalue weighted by atomic mass is 9.76. The number of thiophene rings is 1. The van der Waals surface area contributed by atoms with E-state index in [2.05, 4.69) is 0 Å². The van der Waals surface area contributed by atoms with Crippen LogP contribution in [-0.2, 0) is 0 Å². The Labute approximate surface area is 124 Å². The van der Waals surface area contributed by atoms with Crippen LogP contribution in [0.5, 0.6) is 0 Å². The van der Waals surface area contributed by atoms with Crippen molar-refractivity contribution in [3.8, 4) is 0 Å². The molecule has 110 valence electrons. The number of rotatable bonds is 4. The predicted octanol–water partition coefficient (Wildman–Crippen LogP) is 3.07. The molecule has 2 heterocycles. The fourth-order valence-electron chi connectivity index (χ4n) is 3.41. The quantitative estimate of drug-likeness (QED) is 0.927. The first-order valence-electron chi connectivity index (χ1n) is 7.57. The van der Waals surface area contributed by atoms with Crippen molar-refractivity contribution in [3.63, 3.8) is 0 Å². The Bertz CT molecular complexity index is 494. The van der Waals surface area contributed by atoms with Crippen LogP contribution in [0.25, 0.3) is 0 Å². The molecule has 2 aliphatic rings. The van der Waals surface area contributed by atoms with Crippen LogP contribution in [-0.4, -0.2) is 35.6 Å².